The molecular formula is C23H23N3. The van der Waals surface area contributed by atoms with Gasteiger partial charge in [0.15, 0.2) is 0 Å². The fourth-order valence-corrected chi connectivity index (χ4v) is 4.20. The monoisotopic (exact) mass is 341 g/mol. The molecule has 0 spiro atoms. The van der Waals surface area contributed by atoms with E-state index >= 15 is 0 Å². The molecule has 1 aliphatic rings. The molecule has 0 radical (unpaired) electrons. The van der Waals surface area contributed by atoms with E-state index in [2.05, 4.69) is 76.6 Å². The molecule has 1 aliphatic heterocycles. The second-order valence-corrected chi connectivity index (χ2v) is 7.33. The molecule has 4 aromatic rings. The summed E-state index contributed by atoms with van der Waals surface area (Å²) in [6.07, 6.45) is 2.34. The van der Waals surface area contributed by atoms with E-state index in [4.69, 9.17) is 4.98 Å². The molecule has 3 aromatic carbocycles. The van der Waals surface area contributed by atoms with E-state index in [0.29, 0.717) is 5.92 Å². The number of imidazole rings is 1. The Bertz CT molecular complexity index is 1000. The van der Waals surface area contributed by atoms with Gasteiger partial charge in [0.05, 0.1) is 11.0 Å². The molecule has 3 heteroatoms. The molecular weight excluding hydrogens is 318 g/mol. The number of rotatable bonds is 3. The summed E-state index contributed by atoms with van der Waals surface area (Å²) in [6.45, 7) is 3.30. The first-order valence-electron chi connectivity index (χ1n) is 9.50. The van der Waals surface area contributed by atoms with Crippen LogP contribution in [-0.2, 0) is 6.54 Å². The van der Waals surface area contributed by atoms with Gasteiger partial charge in [-0.05, 0) is 54.4 Å². The summed E-state index contributed by atoms with van der Waals surface area (Å²) >= 11 is 0. The quantitative estimate of drug-likeness (QED) is 0.562. The van der Waals surface area contributed by atoms with Gasteiger partial charge in [-0.3, -0.25) is 4.90 Å². The maximum absolute atomic E-state index is 4.81. The number of piperidine rings is 1. The number of nitrogens with one attached hydrogen (secondary N) is 1. The van der Waals surface area contributed by atoms with Crippen molar-refractivity contribution in [3.63, 3.8) is 0 Å². The number of aromatic amines is 1. The van der Waals surface area contributed by atoms with Crippen molar-refractivity contribution in [2.45, 2.75) is 25.3 Å². The summed E-state index contributed by atoms with van der Waals surface area (Å²) in [6, 6.07) is 23.7. The summed E-state index contributed by atoms with van der Waals surface area (Å²) in [5.74, 6) is 1.71. The fraction of sp³-hybridized carbons (Fsp3) is 0.261. The van der Waals surface area contributed by atoms with Crippen LogP contribution in [0.2, 0.25) is 0 Å². The van der Waals surface area contributed by atoms with Crippen molar-refractivity contribution < 1.29 is 0 Å². The van der Waals surface area contributed by atoms with E-state index in [1.165, 1.54) is 29.2 Å². The van der Waals surface area contributed by atoms with Crippen LogP contribution in [-0.4, -0.2) is 28.0 Å². The van der Waals surface area contributed by atoms with Gasteiger partial charge < -0.3 is 4.98 Å². The van der Waals surface area contributed by atoms with Gasteiger partial charge in [0.2, 0.25) is 0 Å². The summed E-state index contributed by atoms with van der Waals surface area (Å²) in [5, 5.41) is 2.72. The third-order valence-electron chi connectivity index (χ3n) is 5.66. The number of nitrogens with zero attached hydrogens (tertiary/aromatic N) is 2. The molecule has 130 valence electrons. The number of para-hydroxylation sites is 2. The maximum atomic E-state index is 4.81. The van der Waals surface area contributed by atoms with Crippen LogP contribution in [0.4, 0.5) is 0 Å². The average Bonchev–Trinajstić information content (AvgIpc) is 3.13. The molecule has 0 saturated carbocycles. The Hall–Kier alpha value is -2.65. The van der Waals surface area contributed by atoms with Gasteiger partial charge in [0, 0.05) is 12.5 Å². The predicted molar refractivity (Wildman–Crippen MR) is 107 cm³/mol. The highest BCUT2D eigenvalue weighted by molar-refractivity contribution is 5.85. The number of benzene rings is 3. The van der Waals surface area contributed by atoms with Crippen LogP contribution >= 0.6 is 0 Å². The largest absolute Gasteiger partial charge is 0.342 e. The van der Waals surface area contributed by atoms with Crippen molar-refractivity contribution in [1.29, 1.82) is 0 Å². The SMILES string of the molecule is c1ccc2c(CN3CCC(c4nc5ccccc5[nH]4)CC3)cccc2c1. The second kappa shape index (κ2) is 6.58. The number of fused-ring (bicyclic) bond motifs is 2. The van der Waals surface area contributed by atoms with E-state index in [-0.39, 0.29) is 0 Å². The van der Waals surface area contributed by atoms with Gasteiger partial charge in [-0.15, -0.1) is 0 Å². The van der Waals surface area contributed by atoms with Gasteiger partial charge in [0.25, 0.3) is 0 Å². The molecule has 3 nitrogen and oxygen atoms in total. The molecule has 1 fully saturated rings. The van der Waals surface area contributed by atoms with Crippen molar-refractivity contribution in [3.05, 3.63) is 78.1 Å². The maximum Gasteiger partial charge on any atom is 0.110 e. The molecule has 1 saturated heterocycles. The van der Waals surface area contributed by atoms with Crippen LogP contribution in [0.15, 0.2) is 66.7 Å². The minimum absolute atomic E-state index is 0.547. The lowest BCUT2D eigenvalue weighted by Crippen LogP contribution is -2.32. The van der Waals surface area contributed by atoms with Crippen LogP contribution < -0.4 is 0 Å². The third kappa shape index (κ3) is 2.89. The summed E-state index contributed by atoms with van der Waals surface area (Å²) in [7, 11) is 0. The Morgan fingerprint density at radius 3 is 2.54 bits per heavy atom. The number of H-pyrrole nitrogens is 1. The second-order valence-electron chi connectivity index (χ2n) is 7.33. The predicted octanol–water partition coefficient (Wildman–Crippen LogP) is 5.10. The van der Waals surface area contributed by atoms with Crippen LogP contribution in [0.1, 0.15) is 30.1 Å². The molecule has 0 atom stereocenters. The lowest BCUT2D eigenvalue weighted by atomic mass is 9.95. The first-order chi connectivity index (χ1) is 12.9. The lowest BCUT2D eigenvalue weighted by Gasteiger charge is -2.31. The van der Waals surface area contributed by atoms with E-state index < -0.39 is 0 Å². The highest BCUT2D eigenvalue weighted by Crippen LogP contribution is 2.29. The molecule has 0 amide bonds. The van der Waals surface area contributed by atoms with Crippen LogP contribution in [0.25, 0.3) is 21.8 Å². The average molecular weight is 341 g/mol. The molecule has 0 bridgehead atoms. The van der Waals surface area contributed by atoms with Crippen molar-refractivity contribution in [3.8, 4) is 0 Å². The molecule has 1 N–H and O–H groups in total. The molecule has 0 unspecified atom stereocenters. The summed E-state index contributed by atoms with van der Waals surface area (Å²) < 4.78 is 0. The number of likely N-dealkylation sites (tertiary alicyclic amines) is 1. The van der Waals surface area contributed by atoms with E-state index in [9.17, 15) is 0 Å². The van der Waals surface area contributed by atoms with Gasteiger partial charge in [-0.2, -0.15) is 0 Å². The molecule has 0 aliphatic carbocycles. The van der Waals surface area contributed by atoms with Crippen molar-refractivity contribution in [2.75, 3.05) is 13.1 Å². The lowest BCUT2D eigenvalue weighted by molar-refractivity contribution is 0.203. The normalized spacial score (nSPS) is 16.5. The smallest absolute Gasteiger partial charge is 0.110 e. The van der Waals surface area contributed by atoms with E-state index in [1.54, 1.807) is 0 Å². The Balaban J connectivity index is 1.29. The summed E-state index contributed by atoms with van der Waals surface area (Å²) in [5.41, 5.74) is 3.67. The van der Waals surface area contributed by atoms with Crippen molar-refractivity contribution >= 4 is 21.8 Å². The van der Waals surface area contributed by atoms with Gasteiger partial charge in [-0.25, -0.2) is 4.98 Å². The van der Waals surface area contributed by atoms with Crippen LogP contribution in [0, 0.1) is 0 Å². The zero-order valence-electron chi connectivity index (χ0n) is 14.9. The molecule has 5 rings (SSSR count). The standard InChI is InChI=1S/C23H23N3/c1-2-9-20-17(6-1)7-5-8-19(20)16-26-14-12-18(13-15-26)23-24-21-10-3-4-11-22(21)25-23/h1-11,18H,12-16H2,(H,24,25). The molecule has 1 aromatic heterocycles. The Morgan fingerprint density at radius 2 is 1.65 bits per heavy atom. The minimum Gasteiger partial charge on any atom is -0.342 e. The van der Waals surface area contributed by atoms with Crippen molar-refractivity contribution in [1.82, 2.24) is 14.9 Å². The molecule has 2 heterocycles. The Labute approximate surface area is 153 Å². The molecule has 26 heavy (non-hydrogen) atoms. The number of hydrogen-bond donors (Lipinski definition) is 1. The number of aromatic nitrogens is 2. The first kappa shape index (κ1) is 15.6. The van der Waals surface area contributed by atoms with E-state index in [1.807, 2.05) is 0 Å². The third-order valence-corrected chi connectivity index (χ3v) is 5.66. The van der Waals surface area contributed by atoms with Gasteiger partial charge in [-0.1, -0.05) is 54.6 Å². The first-order valence-corrected chi connectivity index (χ1v) is 9.50. The van der Waals surface area contributed by atoms with Gasteiger partial charge in [0.1, 0.15) is 5.82 Å². The zero-order valence-corrected chi connectivity index (χ0v) is 14.9. The fourth-order valence-electron chi connectivity index (χ4n) is 4.20. The minimum atomic E-state index is 0.547. The zero-order chi connectivity index (χ0) is 17.3. The van der Waals surface area contributed by atoms with E-state index in [0.717, 1.165) is 36.5 Å². The highest BCUT2D eigenvalue weighted by atomic mass is 15.1. The topological polar surface area (TPSA) is 31.9 Å². The van der Waals surface area contributed by atoms with Gasteiger partial charge >= 0.3 is 0 Å². The Kier molecular flexibility index (Phi) is 3.95. The summed E-state index contributed by atoms with van der Waals surface area (Å²) in [4.78, 5) is 10.9. The van der Waals surface area contributed by atoms with Crippen LogP contribution in [0.3, 0.4) is 0 Å². The number of hydrogen-bond acceptors (Lipinski definition) is 2. The van der Waals surface area contributed by atoms with Crippen molar-refractivity contribution in [2.24, 2.45) is 0 Å². The highest BCUT2D eigenvalue weighted by Gasteiger charge is 2.23. The van der Waals surface area contributed by atoms with Crippen LogP contribution in [0.5, 0.6) is 0 Å². The Morgan fingerprint density at radius 1 is 0.885 bits per heavy atom.